The van der Waals surface area contributed by atoms with E-state index in [9.17, 15) is 24.0 Å². The van der Waals surface area contributed by atoms with Crippen LogP contribution in [0.5, 0.6) is 0 Å². The molecule has 0 aliphatic carbocycles. The number of aryl methyl sites for hydroxylation is 1. The van der Waals surface area contributed by atoms with Crippen molar-refractivity contribution >= 4 is 35.2 Å². The van der Waals surface area contributed by atoms with E-state index >= 15 is 0 Å². The van der Waals surface area contributed by atoms with Crippen molar-refractivity contribution in [3.63, 3.8) is 0 Å². The van der Waals surface area contributed by atoms with Crippen LogP contribution in [0.4, 0.5) is 5.69 Å². The number of hydrogen-bond acceptors (Lipinski definition) is 7. The molecule has 1 fully saturated rings. The third-order valence-corrected chi connectivity index (χ3v) is 7.15. The summed E-state index contributed by atoms with van der Waals surface area (Å²) < 4.78 is 5.46. The van der Waals surface area contributed by atoms with Gasteiger partial charge in [0.25, 0.3) is 5.91 Å². The van der Waals surface area contributed by atoms with E-state index in [1.165, 1.54) is 6.92 Å². The normalized spacial score (nSPS) is 16.9. The predicted molar refractivity (Wildman–Crippen MR) is 162 cm³/mol. The molecule has 42 heavy (non-hydrogen) atoms. The molecule has 5 N–H and O–H groups in total. The van der Waals surface area contributed by atoms with Crippen LogP contribution in [0.1, 0.15) is 90.6 Å². The fraction of sp³-hybridized carbons (Fsp3) is 0.645. The zero-order chi connectivity index (χ0) is 32.2. The van der Waals surface area contributed by atoms with Crippen molar-refractivity contribution in [3.8, 4) is 0 Å². The summed E-state index contributed by atoms with van der Waals surface area (Å²) in [5.74, 6) is -1.97. The number of benzene rings is 1. The van der Waals surface area contributed by atoms with Gasteiger partial charge >= 0.3 is 5.97 Å². The minimum Gasteiger partial charge on any atom is -0.481 e. The van der Waals surface area contributed by atoms with Gasteiger partial charge in [-0.3, -0.25) is 24.0 Å². The van der Waals surface area contributed by atoms with Gasteiger partial charge in [-0.05, 0) is 68.8 Å². The van der Waals surface area contributed by atoms with Crippen LogP contribution in [0, 0.1) is 11.3 Å². The first-order valence-corrected chi connectivity index (χ1v) is 14.5. The Bertz CT molecular complexity index is 1090. The highest BCUT2D eigenvalue weighted by Gasteiger charge is 2.32. The Hall–Kier alpha value is -3.31. The molecular formula is C31H50N4O7. The number of amides is 3. The molecule has 3 amide bonds. The third kappa shape index (κ3) is 11.9. The van der Waals surface area contributed by atoms with E-state index in [4.69, 9.17) is 9.84 Å². The average Bonchev–Trinajstić information content (AvgIpc) is 3.45. The quantitative estimate of drug-likeness (QED) is 0.248. The minimum atomic E-state index is -1.10. The standard InChI is InChI=1S/C21H34N2O3.C10H16N2O4/c1-9-15-12-16(22-19(24)13(2)3)10-11-17(15)20(25)23-18(14(4)26-8)21(5,6)7;1-6(13)8(5-9(14)15)12-10(16)7-3-2-4-11-7/h10-14,18H,9H2,1-8H3,(H,22,24)(H,23,25);7-8,11H,2-5H2,1H3,(H,12,16)(H,14,15)/t14?,18-;7-,8-/m10/s1. The lowest BCUT2D eigenvalue weighted by atomic mass is 9.83. The molecule has 1 heterocycles. The summed E-state index contributed by atoms with van der Waals surface area (Å²) in [6, 6.07) is 4.09. The Labute approximate surface area is 249 Å². The molecule has 0 spiro atoms. The molecular weight excluding hydrogens is 540 g/mol. The topological polar surface area (TPSA) is 163 Å². The van der Waals surface area contributed by atoms with Gasteiger partial charge < -0.3 is 31.1 Å². The Morgan fingerprint density at radius 2 is 1.74 bits per heavy atom. The molecule has 1 aromatic rings. The average molecular weight is 591 g/mol. The van der Waals surface area contributed by atoms with Crippen molar-refractivity contribution < 1.29 is 33.8 Å². The Morgan fingerprint density at radius 3 is 2.19 bits per heavy atom. The first-order chi connectivity index (χ1) is 19.5. The monoisotopic (exact) mass is 590 g/mol. The van der Waals surface area contributed by atoms with Gasteiger partial charge in [0.15, 0.2) is 5.78 Å². The fourth-order valence-electron chi connectivity index (χ4n) is 4.52. The number of carbonyl (C=O) groups excluding carboxylic acids is 4. The molecule has 0 saturated carbocycles. The van der Waals surface area contributed by atoms with Gasteiger partial charge in [-0.1, -0.05) is 41.5 Å². The zero-order valence-electron chi connectivity index (χ0n) is 26.6. The van der Waals surface area contributed by atoms with E-state index in [0.29, 0.717) is 12.0 Å². The molecule has 1 aromatic carbocycles. The molecule has 2 rings (SSSR count). The van der Waals surface area contributed by atoms with Gasteiger partial charge in [-0.25, -0.2) is 0 Å². The number of nitrogens with one attached hydrogen (secondary N) is 4. The van der Waals surface area contributed by atoms with Crippen LogP contribution in [0.25, 0.3) is 0 Å². The van der Waals surface area contributed by atoms with Crippen LogP contribution < -0.4 is 21.3 Å². The van der Waals surface area contributed by atoms with Crippen molar-refractivity contribution in [2.24, 2.45) is 11.3 Å². The number of anilines is 1. The Balaban J connectivity index is 0.000000470. The summed E-state index contributed by atoms with van der Waals surface area (Å²) in [4.78, 5) is 58.0. The summed E-state index contributed by atoms with van der Waals surface area (Å²) in [6.07, 6.45) is 1.88. The number of carbonyl (C=O) groups is 5. The largest absolute Gasteiger partial charge is 0.481 e. The van der Waals surface area contributed by atoms with Crippen molar-refractivity contribution in [1.82, 2.24) is 16.0 Å². The lowest BCUT2D eigenvalue weighted by Gasteiger charge is -2.35. The second-order valence-corrected chi connectivity index (χ2v) is 12.0. The van der Waals surface area contributed by atoms with Crippen molar-refractivity contribution in [2.75, 3.05) is 19.0 Å². The third-order valence-electron chi connectivity index (χ3n) is 7.15. The number of carboxylic acids is 1. The highest BCUT2D eigenvalue weighted by Crippen LogP contribution is 2.25. The molecule has 236 valence electrons. The number of rotatable bonds is 12. The summed E-state index contributed by atoms with van der Waals surface area (Å²) in [5.41, 5.74) is 2.12. The number of methoxy groups -OCH3 is 1. The Kier molecular flexibility index (Phi) is 14.8. The molecule has 11 heteroatoms. The summed E-state index contributed by atoms with van der Waals surface area (Å²) in [7, 11) is 1.65. The summed E-state index contributed by atoms with van der Waals surface area (Å²) in [5, 5.41) is 20.0. The van der Waals surface area contributed by atoms with E-state index in [1.54, 1.807) is 19.2 Å². The van der Waals surface area contributed by atoms with E-state index < -0.39 is 12.0 Å². The summed E-state index contributed by atoms with van der Waals surface area (Å²) in [6.45, 7) is 16.0. The van der Waals surface area contributed by atoms with Crippen LogP contribution in [0.2, 0.25) is 0 Å². The molecule has 1 unspecified atom stereocenters. The molecule has 4 atom stereocenters. The SMILES string of the molecule is CC(=O)[C@H](CC(=O)O)NC(=O)[C@@H]1CCCN1.CCc1cc(NC(=O)C(C)C)ccc1C(=O)N[C@H](C(C)OC)C(C)(C)C. The molecule has 11 nitrogen and oxygen atoms in total. The number of carboxylic acid groups (broad SMARTS) is 1. The molecule has 1 aliphatic heterocycles. The smallest absolute Gasteiger partial charge is 0.305 e. The van der Waals surface area contributed by atoms with Crippen molar-refractivity contribution in [3.05, 3.63) is 29.3 Å². The molecule has 0 radical (unpaired) electrons. The number of hydrogen-bond donors (Lipinski definition) is 5. The number of ether oxygens (including phenoxy) is 1. The van der Waals surface area contributed by atoms with Crippen molar-refractivity contribution in [2.45, 2.75) is 105 Å². The van der Waals surface area contributed by atoms with Crippen LogP contribution in [-0.2, 0) is 30.3 Å². The van der Waals surface area contributed by atoms with E-state index in [1.807, 2.05) is 33.8 Å². The van der Waals surface area contributed by atoms with Gasteiger partial charge in [-0.15, -0.1) is 0 Å². The number of ketones is 1. The highest BCUT2D eigenvalue weighted by atomic mass is 16.5. The maximum atomic E-state index is 12.9. The van der Waals surface area contributed by atoms with E-state index in [2.05, 4.69) is 42.0 Å². The minimum absolute atomic E-state index is 0.0361. The first-order valence-electron chi connectivity index (χ1n) is 14.5. The maximum absolute atomic E-state index is 12.9. The van der Waals surface area contributed by atoms with Gasteiger partial charge in [0.05, 0.1) is 30.7 Å². The van der Waals surface area contributed by atoms with E-state index in [-0.39, 0.29) is 59.4 Å². The summed E-state index contributed by atoms with van der Waals surface area (Å²) >= 11 is 0. The highest BCUT2D eigenvalue weighted by molar-refractivity contribution is 5.98. The zero-order valence-corrected chi connectivity index (χ0v) is 26.6. The van der Waals surface area contributed by atoms with Crippen molar-refractivity contribution in [1.29, 1.82) is 0 Å². The lowest BCUT2D eigenvalue weighted by molar-refractivity contribution is -0.140. The van der Waals surface area contributed by atoms with Gasteiger partial charge in [0, 0.05) is 24.3 Å². The van der Waals surface area contributed by atoms with E-state index in [0.717, 1.165) is 30.6 Å². The second kappa shape index (κ2) is 17.0. The van der Waals surface area contributed by atoms with Crippen LogP contribution in [0.15, 0.2) is 18.2 Å². The van der Waals surface area contributed by atoms with Gasteiger partial charge in [0.2, 0.25) is 11.8 Å². The predicted octanol–water partition coefficient (Wildman–Crippen LogP) is 3.31. The van der Waals surface area contributed by atoms with Crippen LogP contribution >= 0.6 is 0 Å². The fourth-order valence-corrected chi connectivity index (χ4v) is 4.52. The number of aliphatic carboxylic acids is 1. The molecule has 1 aliphatic rings. The van der Waals surface area contributed by atoms with Gasteiger partial charge in [0.1, 0.15) is 0 Å². The Morgan fingerprint density at radius 1 is 1.10 bits per heavy atom. The lowest BCUT2D eigenvalue weighted by Crippen LogP contribution is -2.51. The molecule has 0 aromatic heterocycles. The second-order valence-electron chi connectivity index (χ2n) is 12.0. The molecule has 1 saturated heterocycles. The van der Waals surface area contributed by atoms with Crippen LogP contribution in [0.3, 0.4) is 0 Å². The van der Waals surface area contributed by atoms with Crippen LogP contribution in [-0.4, -0.2) is 72.5 Å². The number of Topliss-reactive ketones (excluding diaryl/α,β-unsaturated/α-hetero) is 1. The molecule has 0 bridgehead atoms. The maximum Gasteiger partial charge on any atom is 0.305 e. The van der Waals surface area contributed by atoms with Gasteiger partial charge in [-0.2, -0.15) is 0 Å². The first kappa shape index (κ1) is 36.7.